The SMILES string of the molecule is O=C(NC1(CO)CCCC1)C1CCCS1. The Bertz CT molecular complexity index is 233. The molecule has 0 radical (unpaired) electrons. The number of aliphatic hydroxyl groups is 1. The number of hydrogen-bond acceptors (Lipinski definition) is 3. The minimum atomic E-state index is -0.291. The molecule has 0 aromatic heterocycles. The minimum Gasteiger partial charge on any atom is -0.394 e. The molecule has 1 heterocycles. The van der Waals surface area contributed by atoms with Gasteiger partial charge in [0.2, 0.25) is 5.91 Å². The zero-order chi connectivity index (χ0) is 10.7. The van der Waals surface area contributed by atoms with Crippen LogP contribution >= 0.6 is 11.8 Å². The van der Waals surface area contributed by atoms with Crippen molar-refractivity contribution >= 4 is 17.7 Å². The second-order valence-electron chi connectivity index (χ2n) is 4.64. The van der Waals surface area contributed by atoms with Gasteiger partial charge in [-0.15, -0.1) is 11.8 Å². The third-order valence-corrected chi connectivity index (χ3v) is 4.85. The van der Waals surface area contributed by atoms with Gasteiger partial charge >= 0.3 is 0 Å². The van der Waals surface area contributed by atoms with Gasteiger partial charge in [-0.2, -0.15) is 0 Å². The van der Waals surface area contributed by atoms with Crippen LogP contribution in [0.1, 0.15) is 38.5 Å². The average molecular weight is 229 g/mol. The Morgan fingerprint density at radius 2 is 2.13 bits per heavy atom. The zero-order valence-corrected chi connectivity index (χ0v) is 9.81. The second-order valence-corrected chi connectivity index (χ2v) is 5.95. The van der Waals surface area contributed by atoms with Gasteiger partial charge in [0.05, 0.1) is 17.4 Å². The van der Waals surface area contributed by atoms with Crippen LogP contribution in [0.4, 0.5) is 0 Å². The van der Waals surface area contributed by atoms with Crippen molar-refractivity contribution in [1.82, 2.24) is 5.32 Å². The molecule has 0 aromatic carbocycles. The monoisotopic (exact) mass is 229 g/mol. The number of aliphatic hydroxyl groups excluding tert-OH is 1. The Morgan fingerprint density at radius 1 is 1.40 bits per heavy atom. The predicted octanol–water partition coefficient (Wildman–Crippen LogP) is 1.30. The van der Waals surface area contributed by atoms with Gasteiger partial charge in [-0.05, 0) is 31.4 Å². The van der Waals surface area contributed by atoms with Gasteiger partial charge in [0.25, 0.3) is 0 Å². The highest BCUT2D eigenvalue weighted by atomic mass is 32.2. The summed E-state index contributed by atoms with van der Waals surface area (Å²) in [6.07, 6.45) is 6.27. The van der Waals surface area contributed by atoms with Gasteiger partial charge in [-0.1, -0.05) is 12.8 Å². The van der Waals surface area contributed by atoms with Crippen molar-refractivity contribution in [1.29, 1.82) is 0 Å². The Labute approximate surface area is 95.0 Å². The van der Waals surface area contributed by atoms with Crippen LogP contribution < -0.4 is 5.32 Å². The molecule has 2 aliphatic rings. The summed E-state index contributed by atoms with van der Waals surface area (Å²) in [5.41, 5.74) is -0.291. The summed E-state index contributed by atoms with van der Waals surface area (Å²) in [5, 5.41) is 12.6. The molecule has 0 aromatic rings. The molecule has 3 nitrogen and oxygen atoms in total. The van der Waals surface area contributed by atoms with Crippen molar-refractivity contribution in [3.05, 3.63) is 0 Å². The van der Waals surface area contributed by atoms with E-state index >= 15 is 0 Å². The van der Waals surface area contributed by atoms with Crippen LogP contribution in [-0.4, -0.2) is 34.2 Å². The maximum atomic E-state index is 11.9. The second kappa shape index (κ2) is 4.74. The lowest BCUT2D eigenvalue weighted by Gasteiger charge is -2.29. The summed E-state index contributed by atoms with van der Waals surface area (Å²) >= 11 is 1.75. The Hall–Kier alpha value is -0.220. The quantitative estimate of drug-likeness (QED) is 0.767. The molecule has 1 unspecified atom stereocenters. The summed E-state index contributed by atoms with van der Waals surface area (Å²) in [7, 11) is 0. The molecule has 4 heteroatoms. The number of carbonyl (C=O) groups excluding carboxylic acids is 1. The molecule has 15 heavy (non-hydrogen) atoms. The molecule has 1 aliphatic carbocycles. The Balaban J connectivity index is 1.91. The molecule has 2 N–H and O–H groups in total. The molecule has 1 atom stereocenters. The van der Waals surface area contributed by atoms with Gasteiger partial charge in [0.15, 0.2) is 0 Å². The third-order valence-electron chi connectivity index (χ3n) is 3.47. The van der Waals surface area contributed by atoms with Crippen LogP contribution in [0.5, 0.6) is 0 Å². The summed E-state index contributed by atoms with van der Waals surface area (Å²) < 4.78 is 0. The van der Waals surface area contributed by atoms with Gasteiger partial charge < -0.3 is 10.4 Å². The Kier molecular flexibility index (Phi) is 3.57. The number of hydrogen-bond donors (Lipinski definition) is 2. The minimum absolute atomic E-state index is 0.0934. The number of amides is 1. The van der Waals surface area contributed by atoms with E-state index in [-0.39, 0.29) is 23.3 Å². The van der Waals surface area contributed by atoms with Gasteiger partial charge in [0, 0.05) is 0 Å². The fourth-order valence-corrected chi connectivity index (χ4v) is 3.66. The lowest BCUT2D eigenvalue weighted by Crippen LogP contribution is -2.51. The van der Waals surface area contributed by atoms with Crippen molar-refractivity contribution in [2.45, 2.75) is 49.3 Å². The molecule has 0 spiro atoms. The van der Waals surface area contributed by atoms with Crippen LogP contribution in [0.3, 0.4) is 0 Å². The normalized spacial score (nSPS) is 29.3. The molecule has 1 saturated carbocycles. The first-order valence-corrected chi connectivity index (χ1v) is 6.85. The van der Waals surface area contributed by atoms with Crippen LogP contribution in [0, 0.1) is 0 Å². The summed E-state index contributed by atoms with van der Waals surface area (Å²) in [6, 6.07) is 0. The topological polar surface area (TPSA) is 49.3 Å². The van der Waals surface area contributed by atoms with Gasteiger partial charge in [-0.3, -0.25) is 4.79 Å². The fourth-order valence-electron chi connectivity index (χ4n) is 2.50. The van der Waals surface area contributed by atoms with E-state index in [1.807, 2.05) is 0 Å². The molecule has 2 rings (SSSR count). The third kappa shape index (κ3) is 2.48. The first-order chi connectivity index (χ1) is 7.26. The average Bonchev–Trinajstić information content (AvgIpc) is 2.88. The lowest BCUT2D eigenvalue weighted by molar-refractivity contribution is -0.123. The highest BCUT2D eigenvalue weighted by Gasteiger charge is 2.36. The Morgan fingerprint density at radius 3 is 2.67 bits per heavy atom. The summed E-state index contributed by atoms with van der Waals surface area (Å²) in [5.74, 6) is 1.25. The van der Waals surface area contributed by atoms with Crippen LogP contribution in [0.2, 0.25) is 0 Å². The molecule has 1 amide bonds. The number of thioether (sulfide) groups is 1. The first-order valence-electron chi connectivity index (χ1n) is 5.80. The van der Waals surface area contributed by atoms with E-state index in [0.717, 1.165) is 44.3 Å². The van der Waals surface area contributed by atoms with E-state index < -0.39 is 0 Å². The molecule has 1 saturated heterocycles. The molecule has 1 aliphatic heterocycles. The first kappa shape index (κ1) is 11.3. The zero-order valence-electron chi connectivity index (χ0n) is 9.00. The van der Waals surface area contributed by atoms with Crippen molar-refractivity contribution in [3.8, 4) is 0 Å². The van der Waals surface area contributed by atoms with Crippen LogP contribution in [0.15, 0.2) is 0 Å². The van der Waals surface area contributed by atoms with Crippen LogP contribution in [0.25, 0.3) is 0 Å². The molecular weight excluding hydrogens is 210 g/mol. The van der Waals surface area contributed by atoms with Crippen molar-refractivity contribution in [2.24, 2.45) is 0 Å². The van der Waals surface area contributed by atoms with Gasteiger partial charge in [0.1, 0.15) is 0 Å². The maximum Gasteiger partial charge on any atom is 0.233 e. The summed E-state index contributed by atoms with van der Waals surface area (Å²) in [4.78, 5) is 11.9. The van der Waals surface area contributed by atoms with Crippen molar-refractivity contribution < 1.29 is 9.90 Å². The smallest absolute Gasteiger partial charge is 0.233 e. The van der Waals surface area contributed by atoms with E-state index in [2.05, 4.69) is 5.32 Å². The summed E-state index contributed by atoms with van der Waals surface area (Å²) in [6.45, 7) is 0.0934. The van der Waals surface area contributed by atoms with E-state index in [4.69, 9.17) is 0 Å². The highest BCUT2D eigenvalue weighted by molar-refractivity contribution is 8.00. The van der Waals surface area contributed by atoms with E-state index in [1.165, 1.54) is 0 Å². The number of carbonyl (C=O) groups is 1. The maximum absolute atomic E-state index is 11.9. The molecule has 0 bridgehead atoms. The van der Waals surface area contributed by atoms with E-state index in [9.17, 15) is 9.90 Å². The number of nitrogens with one attached hydrogen (secondary N) is 1. The predicted molar refractivity (Wildman–Crippen MR) is 61.9 cm³/mol. The van der Waals surface area contributed by atoms with E-state index in [0.29, 0.717) is 0 Å². The lowest BCUT2D eigenvalue weighted by atomic mass is 9.98. The van der Waals surface area contributed by atoms with Crippen molar-refractivity contribution in [3.63, 3.8) is 0 Å². The van der Waals surface area contributed by atoms with Gasteiger partial charge in [-0.25, -0.2) is 0 Å². The fraction of sp³-hybridized carbons (Fsp3) is 0.909. The molecule has 86 valence electrons. The van der Waals surface area contributed by atoms with Crippen molar-refractivity contribution in [2.75, 3.05) is 12.4 Å². The highest BCUT2D eigenvalue weighted by Crippen LogP contribution is 2.31. The molecule has 2 fully saturated rings. The van der Waals surface area contributed by atoms with E-state index in [1.54, 1.807) is 11.8 Å². The number of rotatable bonds is 3. The molecular formula is C11H19NO2S. The standard InChI is InChI=1S/C11H19NO2S/c13-8-11(5-1-2-6-11)12-10(14)9-4-3-7-15-9/h9,13H,1-8H2,(H,12,14). The largest absolute Gasteiger partial charge is 0.394 e. The van der Waals surface area contributed by atoms with Crippen LogP contribution in [-0.2, 0) is 4.79 Å².